The maximum Gasteiger partial charge on any atom is 0.247 e. The predicted octanol–water partition coefficient (Wildman–Crippen LogP) is 3.62. The maximum absolute atomic E-state index is 12.3. The Labute approximate surface area is 179 Å². The lowest BCUT2D eigenvalue weighted by atomic mass is 10.1. The van der Waals surface area contributed by atoms with Crippen LogP contribution in [-0.2, 0) is 16.1 Å². The van der Waals surface area contributed by atoms with Crippen molar-refractivity contribution in [1.29, 1.82) is 0 Å². The Kier molecular flexibility index (Phi) is 8.27. The van der Waals surface area contributed by atoms with Gasteiger partial charge in [-0.1, -0.05) is 55.8 Å². The SMILES string of the molecule is CCCCN(CCCNC(=O)C[C@@H]1Nc2ccccc2NC1=O)Cc1ccccc1. The lowest BCUT2D eigenvalue weighted by Gasteiger charge is -2.26. The second-order valence-corrected chi connectivity index (χ2v) is 7.75. The first-order valence-electron chi connectivity index (χ1n) is 10.8. The quantitative estimate of drug-likeness (QED) is 0.497. The largest absolute Gasteiger partial charge is 0.372 e. The van der Waals surface area contributed by atoms with Crippen LogP contribution in [0.4, 0.5) is 11.4 Å². The number of rotatable bonds is 11. The molecule has 6 nitrogen and oxygen atoms in total. The molecule has 0 aromatic heterocycles. The topological polar surface area (TPSA) is 73.5 Å². The van der Waals surface area contributed by atoms with Gasteiger partial charge in [0, 0.05) is 19.6 Å². The number of nitrogens with zero attached hydrogens (tertiary/aromatic N) is 1. The average molecular weight is 409 g/mol. The van der Waals surface area contributed by atoms with Gasteiger partial charge in [-0.15, -0.1) is 0 Å². The van der Waals surface area contributed by atoms with Gasteiger partial charge in [0.15, 0.2) is 0 Å². The molecule has 0 saturated heterocycles. The number of amides is 2. The van der Waals surface area contributed by atoms with Gasteiger partial charge in [-0.05, 0) is 37.1 Å². The van der Waals surface area contributed by atoms with E-state index in [0.29, 0.717) is 6.54 Å². The number of hydrogen-bond acceptors (Lipinski definition) is 4. The van der Waals surface area contributed by atoms with Gasteiger partial charge in [-0.3, -0.25) is 14.5 Å². The lowest BCUT2D eigenvalue weighted by Crippen LogP contribution is -2.42. The predicted molar refractivity (Wildman–Crippen MR) is 121 cm³/mol. The van der Waals surface area contributed by atoms with Crippen molar-refractivity contribution in [3.8, 4) is 0 Å². The summed E-state index contributed by atoms with van der Waals surface area (Å²) < 4.78 is 0. The number of carbonyl (C=O) groups is 2. The summed E-state index contributed by atoms with van der Waals surface area (Å²) in [5, 5.41) is 8.97. The highest BCUT2D eigenvalue weighted by atomic mass is 16.2. The zero-order chi connectivity index (χ0) is 21.2. The van der Waals surface area contributed by atoms with E-state index in [2.05, 4.69) is 52.0 Å². The van der Waals surface area contributed by atoms with Crippen molar-refractivity contribution in [2.24, 2.45) is 0 Å². The van der Waals surface area contributed by atoms with Crippen LogP contribution in [0.15, 0.2) is 54.6 Å². The number of benzene rings is 2. The molecule has 0 spiro atoms. The summed E-state index contributed by atoms with van der Waals surface area (Å²) in [6.07, 6.45) is 3.35. The van der Waals surface area contributed by atoms with Crippen molar-refractivity contribution in [3.05, 3.63) is 60.2 Å². The van der Waals surface area contributed by atoms with Crippen LogP contribution in [0.1, 0.15) is 38.2 Å². The second-order valence-electron chi connectivity index (χ2n) is 7.75. The van der Waals surface area contributed by atoms with E-state index in [1.165, 1.54) is 18.4 Å². The zero-order valence-electron chi connectivity index (χ0n) is 17.7. The van der Waals surface area contributed by atoms with E-state index in [9.17, 15) is 9.59 Å². The minimum atomic E-state index is -0.543. The molecule has 3 N–H and O–H groups in total. The Bertz CT molecular complexity index is 825. The number of fused-ring (bicyclic) bond motifs is 1. The minimum absolute atomic E-state index is 0.106. The Balaban J connectivity index is 1.40. The average Bonchev–Trinajstić information content (AvgIpc) is 2.76. The Morgan fingerprint density at radius 3 is 2.47 bits per heavy atom. The van der Waals surface area contributed by atoms with Crippen molar-refractivity contribution in [1.82, 2.24) is 10.2 Å². The van der Waals surface area contributed by atoms with E-state index in [1.807, 2.05) is 30.3 Å². The molecule has 0 unspecified atom stereocenters. The van der Waals surface area contributed by atoms with E-state index < -0.39 is 6.04 Å². The number of anilines is 2. The van der Waals surface area contributed by atoms with Gasteiger partial charge in [0.2, 0.25) is 11.8 Å². The van der Waals surface area contributed by atoms with Gasteiger partial charge in [0.25, 0.3) is 0 Å². The van der Waals surface area contributed by atoms with Crippen LogP contribution >= 0.6 is 0 Å². The number of carbonyl (C=O) groups excluding carboxylic acids is 2. The van der Waals surface area contributed by atoms with Gasteiger partial charge < -0.3 is 16.0 Å². The molecule has 30 heavy (non-hydrogen) atoms. The first-order valence-corrected chi connectivity index (χ1v) is 10.8. The summed E-state index contributed by atoms with van der Waals surface area (Å²) in [7, 11) is 0. The molecule has 2 aromatic carbocycles. The third kappa shape index (κ3) is 6.59. The molecule has 3 rings (SSSR count). The third-order valence-electron chi connectivity index (χ3n) is 5.27. The molecule has 2 amide bonds. The highest BCUT2D eigenvalue weighted by Gasteiger charge is 2.27. The monoisotopic (exact) mass is 408 g/mol. The molecule has 6 heteroatoms. The van der Waals surface area contributed by atoms with Gasteiger partial charge in [0.1, 0.15) is 6.04 Å². The van der Waals surface area contributed by atoms with Crippen LogP contribution in [0.2, 0.25) is 0 Å². The molecule has 2 aromatic rings. The summed E-state index contributed by atoms with van der Waals surface area (Å²) in [4.78, 5) is 27.0. The van der Waals surface area contributed by atoms with Crippen LogP contribution < -0.4 is 16.0 Å². The molecular formula is C24H32N4O2. The highest BCUT2D eigenvalue weighted by molar-refractivity contribution is 6.04. The van der Waals surface area contributed by atoms with E-state index in [4.69, 9.17) is 0 Å². The summed E-state index contributed by atoms with van der Waals surface area (Å²) >= 11 is 0. The van der Waals surface area contributed by atoms with Gasteiger partial charge in [0.05, 0.1) is 17.8 Å². The fourth-order valence-corrected chi connectivity index (χ4v) is 3.62. The van der Waals surface area contributed by atoms with Crippen LogP contribution in [0, 0.1) is 0 Å². The Morgan fingerprint density at radius 1 is 1.00 bits per heavy atom. The first kappa shape index (κ1) is 21.8. The first-order chi connectivity index (χ1) is 14.7. The second kappa shape index (κ2) is 11.4. The summed E-state index contributed by atoms with van der Waals surface area (Å²) in [5.41, 5.74) is 2.92. The fraction of sp³-hybridized carbons (Fsp3) is 0.417. The van der Waals surface area contributed by atoms with E-state index in [-0.39, 0.29) is 18.2 Å². The summed E-state index contributed by atoms with van der Waals surface area (Å²) in [5.74, 6) is -0.275. The van der Waals surface area contributed by atoms with Gasteiger partial charge in [-0.25, -0.2) is 0 Å². The summed E-state index contributed by atoms with van der Waals surface area (Å²) in [6.45, 7) is 5.74. The van der Waals surface area contributed by atoms with Crippen LogP contribution in [0.3, 0.4) is 0 Å². The van der Waals surface area contributed by atoms with Crippen molar-refractivity contribution in [2.75, 3.05) is 30.3 Å². The molecule has 0 saturated carbocycles. The molecule has 1 atom stereocenters. The van der Waals surface area contributed by atoms with Crippen LogP contribution in [-0.4, -0.2) is 42.4 Å². The molecular weight excluding hydrogens is 376 g/mol. The number of para-hydroxylation sites is 2. The minimum Gasteiger partial charge on any atom is -0.372 e. The number of unbranched alkanes of at least 4 members (excludes halogenated alkanes) is 1. The molecule has 0 radical (unpaired) electrons. The molecule has 1 aliphatic rings. The summed E-state index contributed by atoms with van der Waals surface area (Å²) in [6, 6.07) is 17.5. The van der Waals surface area contributed by atoms with Crippen molar-refractivity contribution in [2.45, 2.75) is 45.2 Å². The molecule has 160 valence electrons. The zero-order valence-corrected chi connectivity index (χ0v) is 17.7. The van der Waals surface area contributed by atoms with E-state index in [0.717, 1.165) is 37.4 Å². The Morgan fingerprint density at radius 2 is 1.70 bits per heavy atom. The standard InChI is InChI=1S/C24H32N4O2/c1-2-3-15-28(18-19-10-5-4-6-11-19)16-9-14-25-23(29)17-22-24(30)27-21-13-8-7-12-20(21)26-22/h4-8,10-13,22,26H,2-3,9,14-18H2,1H3,(H,25,29)(H,27,30)/t22-/m0/s1. The molecule has 0 bridgehead atoms. The van der Waals surface area contributed by atoms with Crippen molar-refractivity contribution < 1.29 is 9.59 Å². The highest BCUT2D eigenvalue weighted by Crippen LogP contribution is 2.26. The van der Waals surface area contributed by atoms with Crippen LogP contribution in [0.5, 0.6) is 0 Å². The molecule has 0 aliphatic carbocycles. The fourth-order valence-electron chi connectivity index (χ4n) is 3.62. The van der Waals surface area contributed by atoms with Gasteiger partial charge in [-0.2, -0.15) is 0 Å². The molecule has 1 aliphatic heterocycles. The molecule has 0 fully saturated rings. The lowest BCUT2D eigenvalue weighted by molar-refractivity contribution is -0.125. The third-order valence-corrected chi connectivity index (χ3v) is 5.27. The Hall–Kier alpha value is -2.86. The van der Waals surface area contributed by atoms with Crippen LogP contribution in [0.25, 0.3) is 0 Å². The smallest absolute Gasteiger partial charge is 0.247 e. The maximum atomic E-state index is 12.3. The molecule has 1 heterocycles. The van der Waals surface area contributed by atoms with E-state index in [1.54, 1.807) is 0 Å². The van der Waals surface area contributed by atoms with E-state index >= 15 is 0 Å². The number of hydrogen-bond donors (Lipinski definition) is 3. The van der Waals surface area contributed by atoms with Gasteiger partial charge >= 0.3 is 0 Å². The normalized spacial score (nSPS) is 15.3. The number of nitrogens with one attached hydrogen (secondary N) is 3. The van der Waals surface area contributed by atoms with Crippen molar-refractivity contribution in [3.63, 3.8) is 0 Å². The van der Waals surface area contributed by atoms with Crippen molar-refractivity contribution >= 4 is 23.2 Å².